The number of carboxylic acids is 1. The van der Waals surface area contributed by atoms with Crippen LogP contribution in [0.1, 0.15) is 39.6 Å². The van der Waals surface area contributed by atoms with Crippen molar-refractivity contribution in [3.63, 3.8) is 0 Å². The van der Waals surface area contributed by atoms with Crippen LogP contribution in [-0.2, 0) is 4.79 Å². The molecule has 0 spiro atoms. The van der Waals surface area contributed by atoms with Crippen LogP contribution >= 0.6 is 23.4 Å². The number of aromatic carboxylic acids is 1. The highest BCUT2D eigenvalue weighted by Gasteiger charge is 2.20. The highest BCUT2D eigenvalue weighted by Crippen LogP contribution is 2.30. The lowest BCUT2D eigenvalue weighted by atomic mass is 9.98. The number of carboxylic acid groups (broad SMARTS) is 1. The van der Waals surface area contributed by atoms with Crippen LogP contribution < -0.4 is 10.6 Å². The van der Waals surface area contributed by atoms with E-state index in [1.54, 1.807) is 60.7 Å². The molecule has 4 aromatic carbocycles. The number of fused-ring (bicyclic) bond motifs is 1. The van der Waals surface area contributed by atoms with Crippen molar-refractivity contribution in [1.29, 1.82) is 0 Å². The summed E-state index contributed by atoms with van der Waals surface area (Å²) in [5.74, 6) is -1.65. The molecular weight excluding hydrogens is 508 g/mol. The van der Waals surface area contributed by atoms with E-state index in [2.05, 4.69) is 10.6 Å². The van der Waals surface area contributed by atoms with Crippen LogP contribution in [0.15, 0.2) is 83.8 Å². The van der Waals surface area contributed by atoms with Gasteiger partial charge in [0.15, 0.2) is 0 Å². The molecule has 0 radical (unpaired) electrons. The maximum atomic E-state index is 13.2. The largest absolute Gasteiger partial charge is 0.478 e. The third-order valence-corrected chi connectivity index (χ3v) is 7.46. The Balaban J connectivity index is 1.52. The molecule has 0 saturated heterocycles. The van der Waals surface area contributed by atoms with Crippen molar-refractivity contribution in [3.05, 3.63) is 101 Å². The smallest absolute Gasteiger partial charge is 0.336 e. The number of aryl methyl sites for hydroxylation is 1. The molecule has 0 aliphatic rings. The van der Waals surface area contributed by atoms with Gasteiger partial charge in [0, 0.05) is 32.2 Å². The van der Waals surface area contributed by atoms with Crippen LogP contribution in [0.2, 0.25) is 5.02 Å². The van der Waals surface area contributed by atoms with Gasteiger partial charge in [-0.25, -0.2) is 4.79 Å². The van der Waals surface area contributed by atoms with E-state index in [1.807, 2.05) is 26.0 Å². The normalized spacial score (nSPS) is 11.6. The number of amides is 2. The van der Waals surface area contributed by atoms with E-state index >= 15 is 0 Å². The minimum Gasteiger partial charge on any atom is -0.478 e. The molecule has 2 amide bonds. The Morgan fingerprint density at radius 2 is 1.62 bits per heavy atom. The van der Waals surface area contributed by atoms with Gasteiger partial charge in [0.1, 0.15) is 0 Å². The Bertz CT molecular complexity index is 1500. The van der Waals surface area contributed by atoms with Crippen LogP contribution in [-0.4, -0.2) is 28.1 Å². The molecule has 1 unspecified atom stereocenters. The second-order valence-electron chi connectivity index (χ2n) is 8.46. The first-order chi connectivity index (χ1) is 17.8. The lowest BCUT2D eigenvalue weighted by molar-refractivity contribution is -0.115. The number of rotatable bonds is 8. The summed E-state index contributed by atoms with van der Waals surface area (Å²) in [6.45, 7) is 3.84. The Morgan fingerprint density at radius 3 is 2.32 bits per heavy atom. The molecule has 0 saturated carbocycles. The van der Waals surface area contributed by atoms with Gasteiger partial charge in [0.25, 0.3) is 5.91 Å². The van der Waals surface area contributed by atoms with Crippen LogP contribution in [0.25, 0.3) is 10.8 Å². The van der Waals surface area contributed by atoms with Gasteiger partial charge in [-0.3, -0.25) is 9.59 Å². The fraction of sp³-hybridized carbons (Fsp3) is 0.138. The summed E-state index contributed by atoms with van der Waals surface area (Å²) in [6.07, 6.45) is 0.598. The summed E-state index contributed by atoms with van der Waals surface area (Å²) in [5, 5.41) is 16.7. The molecule has 3 N–H and O–H groups in total. The van der Waals surface area contributed by atoms with E-state index < -0.39 is 11.9 Å². The molecule has 4 rings (SSSR count). The number of halogens is 1. The number of anilines is 2. The van der Waals surface area contributed by atoms with E-state index in [4.69, 9.17) is 11.6 Å². The van der Waals surface area contributed by atoms with E-state index in [9.17, 15) is 19.5 Å². The first-order valence-electron chi connectivity index (χ1n) is 11.7. The molecule has 0 heterocycles. The fourth-order valence-corrected chi connectivity index (χ4v) is 5.17. The third-order valence-electron chi connectivity index (χ3n) is 5.87. The number of hydrogen-bond donors (Lipinski definition) is 3. The van der Waals surface area contributed by atoms with Gasteiger partial charge in [-0.2, -0.15) is 0 Å². The number of hydrogen-bond acceptors (Lipinski definition) is 4. The first-order valence-corrected chi connectivity index (χ1v) is 12.9. The van der Waals surface area contributed by atoms with Crippen molar-refractivity contribution in [2.24, 2.45) is 0 Å². The minimum absolute atomic E-state index is 0.0688. The molecule has 8 heteroatoms. The molecule has 37 heavy (non-hydrogen) atoms. The predicted molar refractivity (Wildman–Crippen MR) is 150 cm³/mol. The molecule has 188 valence electrons. The molecule has 0 aliphatic heterocycles. The second kappa shape index (κ2) is 11.5. The van der Waals surface area contributed by atoms with Crippen LogP contribution in [0, 0.1) is 6.92 Å². The third kappa shape index (κ3) is 6.13. The van der Waals surface area contributed by atoms with E-state index in [0.717, 1.165) is 10.5 Å². The summed E-state index contributed by atoms with van der Waals surface area (Å²) in [4.78, 5) is 38.7. The number of carbonyl (C=O) groups is 3. The zero-order chi connectivity index (χ0) is 26.5. The van der Waals surface area contributed by atoms with Crippen LogP contribution in [0.5, 0.6) is 0 Å². The molecule has 1 atom stereocenters. The Kier molecular flexibility index (Phi) is 8.16. The zero-order valence-electron chi connectivity index (χ0n) is 20.2. The van der Waals surface area contributed by atoms with E-state index in [1.165, 1.54) is 17.8 Å². The molecule has 0 aromatic heterocycles. The summed E-state index contributed by atoms with van der Waals surface area (Å²) >= 11 is 7.48. The lowest BCUT2D eigenvalue weighted by Crippen LogP contribution is -2.25. The zero-order valence-corrected chi connectivity index (χ0v) is 21.8. The van der Waals surface area contributed by atoms with Gasteiger partial charge < -0.3 is 15.7 Å². The van der Waals surface area contributed by atoms with Gasteiger partial charge in [0.2, 0.25) is 5.91 Å². The highest BCUT2D eigenvalue weighted by atomic mass is 35.5. The van der Waals surface area contributed by atoms with Crippen molar-refractivity contribution >= 4 is 63.3 Å². The lowest BCUT2D eigenvalue weighted by Gasteiger charge is -2.17. The summed E-state index contributed by atoms with van der Waals surface area (Å²) < 4.78 is 0. The quantitative estimate of drug-likeness (QED) is 0.207. The van der Waals surface area contributed by atoms with Gasteiger partial charge in [-0.1, -0.05) is 54.9 Å². The molecule has 0 fully saturated rings. The number of carbonyl (C=O) groups excluding carboxylic acids is 2. The maximum absolute atomic E-state index is 13.2. The SMILES string of the molecule is CCC(Sc1cccc(NC(=O)c2cccc3cccc(C(=O)O)c23)c1)C(=O)Nc1cc(Cl)ccc1C. The van der Waals surface area contributed by atoms with E-state index in [-0.39, 0.29) is 22.3 Å². The average Bonchev–Trinajstić information content (AvgIpc) is 2.88. The van der Waals surface area contributed by atoms with Gasteiger partial charge in [0.05, 0.1) is 10.8 Å². The van der Waals surface area contributed by atoms with Gasteiger partial charge in [-0.15, -0.1) is 11.8 Å². The summed E-state index contributed by atoms with van der Waals surface area (Å²) in [7, 11) is 0. The van der Waals surface area contributed by atoms with E-state index in [0.29, 0.717) is 33.6 Å². The van der Waals surface area contributed by atoms with Crippen LogP contribution in [0.3, 0.4) is 0 Å². The number of thioether (sulfide) groups is 1. The predicted octanol–water partition coefficient (Wildman–Crippen LogP) is 7.26. The van der Waals surface area contributed by atoms with Gasteiger partial charge in [-0.05, 0) is 66.8 Å². The van der Waals surface area contributed by atoms with Crippen LogP contribution in [0.4, 0.5) is 11.4 Å². The standard InChI is InChI=1S/C29H25ClN2O4S/c1-3-25(28(34)32-24-15-19(30)14-13-17(24)2)37-21-10-6-9-20(16-21)31-27(33)22-11-4-7-18-8-5-12-23(26(18)22)29(35)36/h4-16,25H,3H2,1-2H3,(H,31,33)(H,32,34)(H,35,36). The van der Waals surface area contributed by atoms with Gasteiger partial charge >= 0.3 is 5.97 Å². The average molecular weight is 533 g/mol. The van der Waals surface area contributed by atoms with Crippen molar-refractivity contribution in [1.82, 2.24) is 0 Å². The molecule has 0 aliphatic carbocycles. The molecule has 4 aromatic rings. The molecular formula is C29H25ClN2O4S. The first kappa shape index (κ1) is 26.3. The Labute approximate surface area is 224 Å². The monoisotopic (exact) mass is 532 g/mol. The Hall–Kier alpha value is -3.81. The van der Waals surface area contributed by atoms with Crippen molar-refractivity contribution in [2.75, 3.05) is 10.6 Å². The van der Waals surface area contributed by atoms with Crippen molar-refractivity contribution in [2.45, 2.75) is 30.4 Å². The van der Waals surface area contributed by atoms with Crippen molar-refractivity contribution < 1.29 is 19.5 Å². The number of benzene rings is 4. The summed E-state index contributed by atoms with van der Waals surface area (Å²) in [5.41, 5.74) is 2.48. The molecule has 0 bridgehead atoms. The highest BCUT2D eigenvalue weighted by molar-refractivity contribution is 8.00. The second-order valence-corrected chi connectivity index (χ2v) is 10.2. The molecule has 6 nitrogen and oxygen atoms in total. The van der Waals surface area contributed by atoms with Crippen molar-refractivity contribution in [3.8, 4) is 0 Å². The summed E-state index contributed by atoms with van der Waals surface area (Å²) in [6, 6.07) is 22.6. The maximum Gasteiger partial charge on any atom is 0.336 e. The fourth-order valence-electron chi connectivity index (χ4n) is 3.98. The Morgan fingerprint density at radius 1 is 0.919 bits per heavy atom. The number of nitrogens with one attached hydrogen (secondary N) is 2. The minimum atomic E-state index is -1.10. The topological polar surface area (TPSA) is 95.5 Å².